The molecular weight excluding hydrogens is 108 g/mol. The van der Waals surface area contributed by atoms with Gasteiger partial charge in [0.05, 0.1) is 1.37 Å². The zero-order chi connectivity index (χ0) is 13.6. The van der Waals surface area contributed by atoms with Crippen molar-refractivity contribution >= 4 is 5.97 Å². The van der Waals surface area contributed by atoms with E-state index in [9.17, 15) is 4.79 Å². The normalized spacial score (nSPS) is 37.1. The molecule has 3 heteroatoms. The molecule has 0 fully saturated rings. The molecule has 3 nitrogen and oxygen atoms in total. The van der Waals surface area contributed by atoms with Crippen molar-refractivity contribution in [2.75, 3.05) is 0 Å². The Balaban J connectivity index is 5.91. The van der Waals surface area contributed by atoms with Crippen molar-refractivity contribution in [3.63, 3.8) is 0 Å². The summed E-state index contributed by atoms with van der Waals surface area (Å²) in [5, 5.41) is 17.6. The van der Waals surface area contributed by atoms with Crippen LogP contribution in [0.3, 0.4) is 0 Å². The van der Waals surface area contributed by atoms with Crippen LogP contribution in [-0.2, 0) is 4.79 Å². The first-order valence-corrected chi connectivity index (χ1v) is 1.65. The summed E-state index contributed by atoms with van der Waals surface area (Å²) in [6.07, 6.45) is -3.97. The Morgan fingerprint density at radius 2 is 2.38 bits per heavy atom. The number of rotatable bonds is 2. The average Bonchev–Trinajstić information content (AvgIpc) is 1.97. The second-order valence-electron chi connectivity index (χ2n) is 1.03. The number of hydrogen-bond donors (Lipinski definition) is 2. The molecule has 0 rings (SSSR count). The van der Waals surface area contributed by atoms with E-state index in [1.165, 1.54) is 0 Å². The van der Waals surface area contributed by atoms with Crippen LogP contribution in [0.4, 0.5) is 0 Å². The molecule has 0 radical (unpaired) electrons. The first kappa shape index (κ1) is 1.48. The van der Waals surface area contributed by atoms with Crippen LogP contribution in [-0.4, -0.2) is 22.3 Å². The lowest BCUT2D eigenvalue weighted by atomic mass is 10.1. The fraction of sp³-hybridized carbons (Fsp3) is 0.800. The number of hydrogen-bond acceptors (Lipinski definition) is 2. The zero-order valence-corrected chi connectivity index (χ0v) is 3.80. The van der Waals surface area contributed by atoms with Gasteiger partial charge in [0.2, 0.25) is 0 Å². The maximum atomic E-state index is 10.5. The lowest BCUT2D eigenvalue weighted by Crippen LogP contribution is -2.25. The molecule has 0 aliphatic carbocycles. The Bertz CT molecular complexity index is 275. The summed E-state index contributed by atoms with van der Waals surface area (Å²) in [6, 6.07) is 0. The van der Waals surface area contributed by atoms with Crippen LogP contribution in [0.5, 0.6) is 0 Å². The summed E-state index contributed by atoms with van der Waals surface area (Å²) in [4.78, 5) is 10.5. The number of aliphatic hydroxyl groups is 1. The summed E-state index contributed by atoms with van der Waals surface area (Å²) >= 11 is 0. The Hall–Kier alpha value is -0.570. The minimum atomic E-state index is -3.97. The zero-order valence-electron chi connectivity index (χ0n) is 11.8. The van der Waals surface area contributed by atoms with E-state index in [0.717, 1.165) is 0 Å². The van der Waals surface area contributed by atoms with E-state index in [1.54, 1.807) is 0 Å². The van der Waals surface area contributed by atoms with Gasteiger partial charge in [0.1, 0.15) is 0 Å². The van der Waals surface area contributed by atoms with Crippen LogP contribution < -0.4 is 0 Å². The molecule has 0 bridgehead atoms. The molecule has 0 aliphatic heterocycles. The molecular formula is C5H10O3. The van der Waals surface area contributed by atoms with E-state index in [0.29, 0.717) is 0 Å². The Kier molecular flexibility index (Phi) is 0.492. The topological polar surface area (TPSA) is 57.5 Å². The van der Waals surface area contributed by atoms with E-state index >= 15 is 0 Å². The van der Waals surface area contributed by atoms with Gasteiger partial charge in [-0.05, 0) is 5.89 Å². The van der Waals surface area contributed by atoms with Crippen LogP contribution in [0.25, 0.3) is 0 Å². The smallest absolute Gasteiger partial charge is 0.332 e. The Morgan fingerprint density at radius 1 is 1.88 bits per heavy atom. The molecule has 0 heterocycles. The lowest BCUT2D eigenvalue weighted by Gasteiger charge is -2.06. The number of carboxylic acid groups (broad SMARTS) is 1. The molecule has 0 amide bonds. The summed E-state index contributed by atoms with van der Waals surface area (Å²) in [5.41, 5.74) is 0. The van der Waals surface area contributed by atoms with Gasteiger partial charge in [0, 0.05) is 9.60 Å². The fourth-order valence-electron chi connectivity index (χ4n) is 0.107. The predicted molar refractivity (Wildman–Crippen MR) is 28.5 cm³/mol. The average molecular weight is 126 g/mol. The van der Waals surface area contributed by atoms with Crippen molar-refractivity contribution in [3.05, 3.63) is 0 Å². The van der Waals surface area contributed by atoms with Crippen molar-refractivity contribution in [2.24, 2.45) is 5.89 Å². The molecule has 0 aromatic carbocycles. The maximum absolute atomic E-state index is 10.5. The van der Waals surface area contributed by atoms with Gasteiger partial charge in [0.25, 0.3) is 0 Å². The molecule has 0 aromatic heterocycles. The molecule has 0 unspecified atom stereocenters. The van der Waals surface area contributed by atoms with Gasteiger partial charge in [-0.1, -0.05) is 13.7 Å². The second kappa shape index (κ2) is 2.67. The highest BCUT2D eigenvalue weighted by Crippen LogP contribution is 1.99. The lowest BCUT2D eigenvalue weighted by molar-refractivity contribution is -0.148. The van der Waals surface area contributed by atoms with Gasteiger partial charge in [-0.3, -0.25) is 0 Å². The summed E-state index contributed by atoms with van der Waals surface area (Å²) < 4.78 is 55.1. The Morgan fingerprint density at radius 3 is 2.50 bits per heavy atom. The maximum Gasteiger partial charge on any atom is 0.332 e. The van der Waals surface area contributed by atoms with E-state index in [2.05, 4.69) is 0 Å². The van der Waals surface area contributed by atoms with Gasteiger partial charge in [-0.25, -0.2) is 4.79 Å². The van der Waals surface area contributed by atoms with E-state index in [-0.39, 0.29) is 0 Å². The molecule has 0 aliphatic rings. The van der Waals surface area contributed by atoms with Crippen LogP contribution in [0.2, 0.25) is 0 Å². The molecule has 2 N–H and O–H groups in total. The first-order valence-electron chi connectivity index (χ1n) is 5.65. The van der Waals surface area contributed by atoms with Crippen molar-refractivity contribution in [3.8, 4) is 0 Å². The van der Waals surface area contributed by atoms with E-state index in [1.807, 2.05) is 0 Å². The van der Waals surface area contributed by atoms with E-state index < -0.39 is 31.6 Å². The third-order valence-electron chi connectivity index (χ3n) is 0.439. The minimum absolute atomic E-state index is 2.41. The molecule has 1 atom stereocenters. The SMILES string of the molecule is [2H]C([2H])([2H])C([2H])(C([2H])([2H])[2H])[C@]([2H])(O)C(=O)O. The predicted octanol–water partition coefficient (Wildman–Crippen LogP) is 0.0879. The van der Waals surface area contributed by atoms with Crippen LogP contribution in [0, 0.1) is 5.89 Å². The minimum Gasteiger partial charge on any atom is -0.479 e. The van der Waals surface area contributed by atoms with Crippen molar-refractivity contribution < 1.29 is 26.0 Å². The highest BCUT2D eigenvalue weighted by Gasteiger charge is 2.16. The summed E-state index contributed by atoms with van der Waals surface area (Å²) in [5.74, 6) is -6.24. The number of aliphatic carboxylic acids is 1. The fourth-order valence-corrected chi connectivity index (χ4v) is 0.107. The second-order valence-corrected chi connectivity index (χ2v) is 1.03. The van der Waals surface area contributed by atoms with Crippen molar-refractivity contribution in [1.82, 2.24) is 0 Å². The van der Waals surface area contributed by atoms with Gasteiger partial charge in [-0.15, -0.1) is 0 Å². The van der Waals surface area contributed by atoms with E-state index in [4.69, 9.17) is 21.2 Å². The molecule has 0 aromatic rings. The molecule has 0 saturated heterocycles. The van der Waals surface area contributed by atoms with Crippen LogP contribution >= 0.6 is 0 Å². The first-order chi connectivity index (χ1) is 6.69. The van der Waals surface area contributed by atoms with Gasteiger partial charge in [0.15, 0.2) is 6.08 Å². The summed E-state index contributed by atoms with van der Waals surface area (Å²) in [6.45, 7) is -7.32. The molecule has 8 heavy (non-hydrogen) atoms. The quantitative estimate of drug-likeness (QED) is 0.551. The van der Waals surface area contributed by atoms with Gasteiger partial charge >= 0.3 is 5.97 Å². The third-order valence-corrected chi connectivity index (χ3v) is 0.439. The van der Waals surface area contributed by atoms with Gasteiger partial charge in [-0.2, -0.15) is 0 Å². The number of carboxylic acids is 1. The third kappa shape index (κ3) is 1.93. The molecule has 0 saturated carbocycles. The van der Waals surface area contributed by atoms with Crippen molar-refractivity contribution in [2.45, 2.75) is 19.8 Å². The Labute approximate surface area is 59.2 Å². The highest BCUT2D eigenvalue weighted by molar-refractivity contribution is 5.72. The highest BCUT2D eigenvalue weighted by atomic mass is 16.4. The monoisotopic (exact) mass is 126 g/mol. The summed E-state index contributed by atoms with van der Waals surface area (Å²) in [7, 11) is 0. The van der Waals surface area contributed by atoms with Crippen LogP contribution in [0.15, 0.2) is 0 Å². The van der Waals surface area contributed by atoms with Crippen molar-refractivity contribution in [1.29, 1.82) is 0 Å². The molecule has 48 valence electrons. The number of carbonyl (C=O) groups is 1. The molecule has 0 spiro atoms. The largest absolute Gasteiger partial charge is 0.479 e. The van der Waals surface area contributed by atoms with Crippen LogP contribution in [0.1, 0.15) is 24.7 Å². The standard InChI is InChI=1S/C5H10O3/c1-3(2)4(6)5(7)8/h3-4,6H,1-2H3,(H,7,8)/t4-/m0/s1/i1D3,2D3,3D,4D. The van der Waals surface area contributed by atoms with Gasteiger partial charge < -0.3 is 10.2 Å².